The second-order valence-electron chi connectivity index (χ2n) is 5.75. The molecule has 1 aromatic heterocycles. The summed E-state index contributed by atoms with van der Waals surface area (Å²) in [7, 11) is 0. The molecule has 106 valence electrons. The summed E-state index contributed by atoms with van der Waals surface area (Å²) in [6, 6.07) is 3.63. The van der Waals surface area contributed by atoms with Crippen molar-refractivity contribution in [3.8, 4) is 0 Å². The van der Waals surface area contributed by atoms with Gasteiger partial charge in [0, 0.05) is 6.42 Å². The van der Waals surface area contributed by atoms with Crippen LogP contribution in [-0.2, 0) is 4.79 Å². The van der Waals surface area contributed by atoms with E-state index in [9.17, 15) is 4.79 Å². The predicted molar refractivity (Wildman–Crippen MR) is 74.5 cm³/mol. The Morgan fingerprint density at radius 2 is 2.21 bits per heavy atom. The van der Waals surface area contributed by atoms with Crippen molar-refractivity contribution in [3.63, 3.8) is 0 Å². The number of rotatable bonds is 5. The van der Waals surface area contributed by atoms with Crippen molar-refractivity contribution in [2.45, 2.75) is 51.5 Å². The maximum atomic E-state index is 12.2. The van der Waals surface area contributed by atoms with E-state index in [2.05, 4.69) is 5.32 Å². The third-order valence-corrected chi connectivity index (χ3v) is 4.23. The Bertz CT molecular complexity index is 394. The van der Waals surface area contributed by atoms with E-state index in [-0.39, 0.29) is 17.4 Å². The van der Waals surface area contributed by atoms with Gasteiger partial charge in [0.05, 0.1) is 12.3 Å². The van der Waals surface area contributed by atoms with Crippen molar-refractivity contribution in [3.05, 3.63) is 24.2 Å². The average Bonchev–Trinajstić information content (AvgIpc) is 2.93. The number of hydrogen-bond donors (Lipinski definition) is 2. The van der Waals surface area contributed by atoms with Crippen molar-refractivity contribution in [2.75, 3.05) is 6.54 Å². The lowest BCUT2D eigenvalue weighted by Gasteiger charge is -2.35. The minimum absolute atomic E-state index is 0.0191. The molecule has 4 nitrogen and oxygen atoms in total. The van der Waals surface area contributed by atoms with Crippen LogP contribution in [0.15, 0.2) is 22.8 Å². The van der Waals surface area contributed by atoms with Gasteiger partial charge in [0.15, 0.2) is 0 Å². The quantitative estimate of drug-likeness (QED) is 0.859. The topological polar surface area (TPSA) is 68.3 Å². The molecule has 1 fully saturated rings. The molecule has 0 radical (unpaired) electrons. The third kappa shape index (κ3) is 3.60. The highest BCUT2D eigenvalue weighted by atomic mass is 16.3. The smallest absolute Gasteiger partial charge is 0.221 e. The molecular formula is C15H24N2O2. The summed E-state index contributed by atoms with van der Waals surface area (Å²) >= 11 is 0. The lowest BCUT2D eigenvalue weighted by molar-refractivity contribution is -0.124. The molecule has 19 heavy (non-hydrogen) atoms. The Morgan fingerprint density at radius 3 is 2.79 bits per heavy atom. The van der Waals surface area contributed by atoms with E-state index in [1.165, 1.54) is 19.3 Å². The highest BCUT2D eigenvalue weighted by Gasteiger charge is 2.33. The van der Waals surface area contributed by atoms with Gasteiger partial charge in [0.25, 0.3) is 0 Å². The van der Waals surface area contributed by atoms with Gasteiger partial charge in [0.1, 0.15) is 5.76 Å². The summed E-state index contributed by atoms with van der Waals surface area (Å²) in [6.45, 7) is 2.54. The first-order valence-electron chi connectivity index (χ1n) is 7.18. The number of hydrogen-bond acceptors (Lipinski definition) is 3. The zero-order valence-corrected chi connectivity index (χ0v) is 11.7. The summed E-state index contributed by atoms with van der Waals surface area (Å²) in [5.41, 5.74) is 5.93. The highest BCUT2D eigenvalue weighted by Crippen LogP contribution is 2.38. The Labute approximate surface area is 114 Å². The summed E-state index contributed by atoms with van der Waals surface area (Å²) in [5.74, 6) is 0.870. The van der Waals surface area contributed by atoms with Crippen LogP contribution >= 0.6 is 0 Å². The molecule has 0 aromatic carbocycles. The minimum atomic E-state index is -0.0825. The molecule has 3 N–H and O–H groups in total. The van der Waals surface area contributed by atoms with Gasteiger partial charge in [-0.3, -0.25) is 4.79 Å². The molecule has 0 aliphatic heterocycles. The first kappa shape index (κ1) is 14.1. The van der Waals surface area contributed by atoms with Gasteiger partial charge in [-0.1, -0.05) is 19.3 Å². The van der Waals surface area contributed by atoms with Crippen LogP contribution in [0.4, 0.5) is 0 Å². The van der Waals surface area contributed by atoms with E-state index in [1.54, 1.807) is 6.26 Å². The van der Waals surface area contributed by atoms with E-state index in [4.69, 9.17) is 10.2 Å². The molecule has 0 bridgehead atoms. The molecule has 1 aromatic rings. The molecule has 1 saturated carbocycles. The van der Waals surface area contributed by atoms with Crippen LogP contribution in [0.3, 0.4) is 0 Å². The van der Waals surface area contributed by atoms with Crippen LogP contribution in [-0.4, -0.2) is 12.5 Å². The monoisotopic (exact) mass is 264 g/mol. The van der Waals surface area contributed by atoms with Gasteiger partial charge in [-0.05, 0) is 43.9 Å². The summed E-state index contributed by atoms with van der Waals surface area (Å²) in [5, 5.41) is 3.00. The first-order valence-corrected chi connectivity index (χ1v) is 7.18. The van der Waals surface area contributed by atoms with E-state index in [0.29, 0.717) is 13.0 Å². The van der Waals surface area contributed by atoms with Crippen molar-refractivity contribution in [2.24, 2.45) is 11.1 Å². The van der Waals surface area contributed by atoms with Gasteiger partial charge in [0.2, 0.25) is 5.91 Å². The van der Waals surface area contributed by atoms with E-state index >= 15 is 0 Å². The van der Waals surface area contributed by atoms with Crippen molar-refractivity contribution >= 4 is 5.91 Å². The number of furan rings is 1. The van der Waals surface area contributed by atoms with Crippen LogP contribution in [0.5, 0.6) is 0 Å². The normalized spacial score (nSPS) is 19.9. The molecule has 1 aliphatic carbocycles. The van der Waals surface area contributed by atoms with Crippen LogP contribution in [0, 0.1) is 5.41 Å². The van der Waals surface area contributed by atoms with Gasteiger partial charge >= 0.3 is 0 Å². The molecule has 2 rings (SSSR count). The largest absolute Gasteiger partial charge is 0.467 e. The summed E-state index contributed by atoms with van der Waals surface area (Å²) < 4.78 is 5.30. The Hall–Kier alpha value is -1.29. The Balaban J connectivity index is 1.89. The van der Waals surface area contributed by atoms with Gasteiger partial charge < -0.3 is 15.5 Å². The Kier molecular flexibility index (Phi) is 4.64. The summed E-state index contributed by atoms with van der Waals surface area (Å²) in [6.07, 6.45) is 7.97. The molecule has 1 heterocycles. The van der Waals surface area contributed by atoms with Gasteiger partial charge in [-0.2, -0.15) is 0 Å². The molecule has 4 heteroatoms. The maximum Gasteiger partial charge on any atom is 0.221 e. The van der Waals surface area contributed by atoms with Crippen LogP contribution < -0.4 is 11.1 Å². The zero-order chi connectivity index (χ0) is 13.7. The second kappa shape index (κ2) is 6.24. The fraction of sp³-hybridized carbons (Fsp3) is 0.667. The van der Waals surface area contributed by atoms with Crippen molar-refractivity contribution in [1.82, 2.24) is 5.32 Å². The van der Waals surface area contributed by atoms with Crippen molar-refractivity contribution in [1.29, 1.82) is 0 Å². The molecule has 1 aliphatic rings. The summed E-state index contributed by atoms with van der Waals surface area (Å²) in [4.78, 5) is 12.2. The van der Waals surface area contributed by atoms with E-state index < -0.39 is 0 Å². The van der Waals surface area contributed by atoms with E-state index in [1.807, 2.05) is 19.1 Å². The van der Waals surface area contributed by atoms with Gasteiger partial charge in [-0.15, -0.1) is 0 Å². The molecule has 0 spiro atoms. The van der Waals surface area contributed by atoms with Gasteiger partial charge in [-0.25, -0.2) is 0 Å². The minimum Gasteiger partial charge on any atom is -0.467 e. The average molecular weight is 264 g/mol. The van der Waals surface area contributed by atoms with Crippen LogP contribution in [0.25, 0.3) is 0 Å². The molecule has 0 unspecified atom stereocenters. The van der Waals surface area contributed by atoms with Crippen LogP contribution in [0.2, 0.25) is 0 Å². The lowest BCUT2D eigenvalue weighted by Crippen LogP contribution is -2.39. The fourth-order valence-corrected chi connectivity index (χ4v) is 3.00. The second-order valence-corrected chi connectivity index (χ2v) is 5.75. The predicted octanol–water partition coefficient (Wildman–Crippen LogP) is 2.76. The van der Waals surface area contributed by atoms with Crippen molar-refractivity contribution < 1.29 is 9.21 Å². The number of carbonyl (C=O) groups excluding carboxylic acids is 1. The fourth-order valence-electron chi connectivity index (χ4n) is 3.00. The number of nitrogens with two attached hydrogens (primary N) is 1. The Morgan fingerprint density at radius 1 is 1.47 bits per heavy atom. The highest BCUT2D eigenvalue weighted by molar-refractivity contribution is 5.77. The first-order chi connectivity index (χ1) is 9.15. The molecular weight excluding hydrogens is 240 g/mol. The third-order valence-electron chi connectivity index (χ3n) is 4.23. The number of nitrogens with one attached hydrogen (secondary N) is 1. The van der Waals surface area contributed by atoms with Crippen LogP contribution in [0.1, 0.15) is 57.3 Å². The number of amides is 1. The SMILES string of the molecule is C[C@@H](NC(=O)CC1(CN)CCCCC1)c1ccco1. The van der Waals surface area contributed by atoms with E-state index in [0.717, 1.165) is 18.6 Å². The standard InChI is InChI=1S/C15H24N2O2/c1-12(13-6-5-9-19-13)17-14(18)10-15(11-16)7-3-2-4-8-15/h5-6,9,12H,2-4,7-8,10-11,16H2,1H3,(H,17,18)/t12-/m1/s1. The maximum absolute atomic E-state index is 12.2. The molecule has 1 amide bonds. The molecule has 0 saturated heterocycles. The lowest BCUT2D eigenvalue weighted by atomic mass is 9.71. The zero-order valence-electron chi connectivity index (χ0n) is 11.7. The number of carbonyl (C=O) groups is 1. The molecule has 1 atom stereocenters.